The van der Waals surface area contributed by atoms with Crippen molar-refractivity contribution in [1.82, 2.24) is 14.5 Å². The molecule has 0 radical (unpaired) electrons. The van der Waals surface area contributed by atoms with Crippen molar-refractivity contribution in [2.75, 3.05) is 6.26 Å². The van der Waals surface area contributed by atoms with Crippen molar-refractivity contribution in [1.29, 1.82) is 0 Å². The molecule has 1 N–H and O–H groups in total. The number of ketones is 1. The number of imidazole rings is 1. The Balaban J connectivity index is 1.71. The molecule has 4 nitrogen and oxygen atoms in total. The van der Waals surface area contributed by atoms with E-state index in [1.165, 1.54) is 5.56 Å². The maximum atomic E-state index is 13.8. The molecule has 0 fully saturated rings. The van der Waals surface area contributed by atoms with Crippen molar-refractivity contribution < 1.29 is 4.79 Å². The van der Waals surface area contributed by atoms with Crippen LogP contribution in [0.25, 0.3) is 27.7 Å². The predicted octanol–water partition coefficient (Wildman–Crippen LogP) is 6.42. The summed E-state index contributed by atoms with van der Waals surface area (Å²) in [6.07, 6.45) is 7.54. The average molecular weight is 438 g/mol. The Bertz CT molecular complexity index is 1390. The first-order chi connectivity index (χ1) is 15.7. The maximum absolute atomic E-state index is 13.8. The molecule has 0 aliphatic carbocycles. The van der Waals surface area contributed by atoms with Gasteiger partial charge in [0.05, 0.1) is 18.1 Å². The molecule has 0 atom stereocenters. The molecule has 0 unspecified atom stereocenters. The van der Waals surface area contributed by atoms with Crippen LogP contribution in [0.4, 0.5) is 0 Å². The first kappa shape index (κ1) is 20.3. The van der Waals surface area contributed by atoms with E-state index in [4.69, 9.17) is 0 Å². The molecule has 5 heteroatoms. The minimum Gasteiger partial charge on any atom is -0.331 e. The van der Waals surface area contributed by atoms with Crippen molar-refractivity contribution in [3.8, 4) is 16.9 Å². The van der Waals surface area contributed by atoms with Crippen LogP contribution in [0.3, 0.4) is 0 Å². The van der Waals surface area contributed by atoms with Crippen LogP contribution >= 0.6 is 11.8 Å². The van der Waals surface area contributed by atoms with Crippen LogP contribution in [0, 0.1) is 6.92 Å². The lowest BCUT2D eigenvalue weighted by Crippen LogP contribution is -2.05. The van der Waals surface area contributed by atoms with Crippen LogP contribution in [0.5, 0.6) is 0 Å². The van der Waals surface area contributed by atoms with Crippen LogP contribution in [0.15, 0.2) is 85.5 Å². The number of hydrogen-bond acceptors (Lipinski definition) is 3. The zero-order valence-corrected chi connectivity index (χ0v) is 18.8. The summed E-state index contributed by atoms with van der Waals surface area (Å²) in [5, 5.41) is 2.28. The second-order valence-corrected chi connectivity index (χ2v) is 8.66. The predicted molar refractivity (Wildman–Crippen MR) is 133 cm³/mol. The highest BCUT2D eigenvalue weighted by molar-refractivity contribution is 7.97. The number of carbonyl (C=O) groups excluding carboxylic acids is 1. The van der Waals surface area contributed by atoms with Crippen LogP contribution in [0.2, 0.25) is 0 Å². The summed E-state index contributed by atoms with van der Waals surface area (Å²) >= 11 is 1.77. The van der Waals surface area contributed by atoms with Crippen molar-refractivity contribution in [2.45, 2.75) is 12.7 Å². The van der Waals surface area contributed by atoms with Gasteiger partial charge in [0.15, 0.2) is 5.78 Å². The molecule has 0 aliphatic heterocycles. The lowest BCUT2D eigenvalue weighted by atomic mass is 9.93. The highest BCUT2D eigenvalue weighted by Crippen LogP contribution is 2.36. The number of H-pyrrole nitrogens is 1. The third kappa shape index (κ3) is 3.55. The summed E-state index contributed by atoms with van der Waals surface area (Å²) in [5.41, 5.74) is 5.49. The lowest BCUT2D eigenvalue weighted by molar-refractivity contribution is 0.103. The molecule has 158 valence electrons. The number of aromatic nitrogens is 3. The lowest BCUT2D eigenvalue weighted by Gasteiger charge is -2.09. The largest absolute Gasteiger partial charge is 0.331 e. The molecular weight excluding hydrogens is 414 g/mol. The summed E-state index contributed by atoms with van der Waals surface area (Å²) in [4.78, 5) is 21.1. The molecule has 5 aromatic rings. The van der Waals surface area contributed by atoms with Crippen LogP contribution < -0.4 is 0 Å². The average Bonchev–Trinajstić information content (AvgIpc) is 3.47. The van der Waals surface area contributed by atoms with E-state index in [0.717, 1.165) is 39.2 Å². The van der Waals surface area contributed by atoms with Gasteiger partial charge in [-0.3, -0.25) is 4.79 Å². The fraction of sp³-hybridized carbons (Fsp3) is 0.111. The van der Waals surface area contributed by atoms with E-state index in [2.05, 4.69) is 40.5 Å². The number of benzene rings is 3. The Kier molecular flexibility index (Phi) is 5.41. The minimum absolute atomic E-state index is 0.0272. The van der Waals surface area contributed by atoms with Crippen LogP contribution in [-0.4, -0.2) is 26.6 Å². The van der Waals surface area contributed by atoms with Crippen LogP contribution in [-0.2, 0) is 5.75 Å². The van der Waals surface area contributed by atoms with E-state index in [9.17, 15) is 4.79 Å². The third-order valence-electron chi connectivity index (χ3n) is 5.83. The summed E-state index contributed by atoms with van der Waals surface area (Å²) in [6, 6.07) is 22.5. The smallest absolute Gasteiger partial charge is 0.195 e. The number of fused-ring (bicyclic) bond motifs is 1. The molecule has 2 heterocycles. The zero-order valence-electron chi connectivity index (χ0n) is 18.0. The fourth-order valence-electron chi connectivity index (χ4n) is 4.25. The molecule has 0 bridgehead atoms. The van der Waals surface area contributed by atoms with Crippen molar-refractivity contribution in [2.24, 2.45) is 0 Å². The van der Waals surface area contributed by atoms with Gasteiger partial charge in [-0.25, -0.2) is 4.98 Å². The molecule has 32 heavy (non-hydrogen) atoms. The summed E-state index contributed by atoms with van der Waals surface area (Å²) in [7, 11) is 0. The summed E-state index contributed by atoms with van der Waals surface area (Å²) in [6.45, 7) is 1.99. The van der Waals surface area contributed by atoms with Crippen LogP contribution in [0.1, 0.15) is 27.2 Å². The van der Waals surface area contributed by atoms with E-state index >= 15 is 0 Å². The van der Waals surface area contributed by atoms with Gasteiger partial charge < -0.3 is 9.55 Å². The molecule has 0 aliphatic rings. The molecule has 0 spiro atoms. The van der Waals surface area contributed by atoms with E-state index in [1.807, 2.05) is 60.2 Å². The quantitative estimate of drug-likeness (QED) is 0.312. The van der Waals surface area contributed by atoms with Gasteiger partial charge in [0, 0.05) is 28.8 Å². The highest BCUT2D eigenvalue weighted by atomic mass is 32.2. The van der Waals surface area contributed by atoms with E-state index in [-0.39, 0.29) is 5.78 Å². The monoisotopic (exact) mass is 437 g/mol. The molecule has 2 aromatic heterocycles. The number of hydrogen-bond donors (Lipinski definition) is 1. The van der Waals surface area contributed by atoms with E-state index < -0.39 is 0 Å². The number of nitrogens with zero attached hydrogens (tertiary/aromatic N) is 2. The molecule has 0 amide bonds. The molecule has 3 aromatic carbocycles. The number of carbonyl (C=O) groups is 1. The van der Waals surface area contributed by atoms with Gasteiger partial charge in [-0.1, -0.05) is 66.7 Å². The van der Waals surface area contributed by atoms with Gasteiger partial charge in [-0.2, -0.15) is 11.8 Å². The first-order valence-electron chi connectivity index (χ1n) is 10.5. The number of thioether (sulfide) groups is 1. The Hall–Kier alpha value is -3.57. The van der Waals surface area contributed by atoms with Crippen molar-refractivity contribution in [3.05, 3.63) is 108 Å². The van der Waals surface area contributed by atoms with Gasteiger partial charge in [-0.15, -0.1) is 0 Å². The SMILES string of the molecule is CSCc1ccc(C(=O)c2c(-c3cccc4ccccc34)cn(-c3cnc[nH]3)c2C)cc1. The molecular formula is C27H23N3OS. The van der Waals surface area contributed by atoms with E-state index in [1.54, 1.807) is 24.3 Å². The highest BCUT2D eigenvalue weighted by Gasteiger charge is 2.23. The molecule has 5 rings (SSSR count). The van der Waals surface area contributed by atoms with Gasteiger partial charge in [0.25, 0.3) is 0 Å². The first-order valence-corrected chi connectivity index (χ1v) is 11.9. The fourth-order valence-corrected chi connectivity index (χ4v) is 4.78. The topological polar surface area (TPSA) is 50.7 Å². The van der Waals surface area contributed by atoms with Gasteiger partial charge >= 0.3 is 0 Å². The summed E-state index contributed by atoms with van der Waals surface area (Å²) < 4.78 is 2.01. The van der Waals surface area contributed by atoms with Crippen molar-refractivity contribution in [3.63, 3.8) is 0 Å². The molecule has 0 saturated carbocycles. The molecule has 0 saturated heterocycles. The number of nitrogens with one attached hydrogen (secondary N) is 1. The standard InChI is InChI=1S/C27H23N3OS/c1-18-26(27(31)21-12-10-19(11-13-21)16-32-2)24(15-30(18)25-14-28-17-29-25)23-9-5-7-20-6-3-4-8-22(20)23/h3-15,17H,16H2,1-2H3,(H,28,29). The Morgan fingerprint density at radius 3 is 2.53 bits per heavy atom. The Labute approximate surface area is 191 Å². The van der Waals surface area contributed by atoms with Gasteiger partial charge in [0.2, 0.25) is 0 Å². The normalized spacial score (nSPS) is 11.2. The second kappa shape index (κ2) is 8.52. The number of aromatic amines is 1. The Morgan fingerprint density at radius 2 is 1.78 bits per heavy atom. The minimum atomic E-state index is 0.0272. The second-order valence-electron chi connectivity index (χ2n) is 7.80. The number of rotatable bonds is 6. The van der Waals surface area contributed by atoms with Crippen molar-refractivity contribution >= 4 is 28.3 Å². The summed E-state index contributed by atoms with van der Waals surface area (Å²) in [5.74, 6) is 1.79. The van der Waals surface area contributed by atoms with Gasteiger partial charge in [0.1, 0.15) is 5.82 Å². The zero-order chi connectivity index (χ0) is 22.1. The third-order valence-corrected chi connectivity index (χ3v) is 6.45. The Morgan fingerprint density at radius 1 is 1.00 bits per heavy atom. The van der Waals surface area contributed by atoms with Gasteiger partial charge in [-0.05, 0) is 35.1 Å². The van der Waals surface area contributed by atoms with E-state index in [0.29, 0.717) is 11.1 Å². The maximum Gasteiger partial charge on any atom is 0.195 e.